The first-order valence-electron chi connectivity index (χ1n) is 20.6. The normalized spacial score (nSPS) is 24.1. The molecule has 11 rings (SSSR count). The molecule has 262 valence electrons. The zero-order chi connectivity index (χ0) is 35.1. The molecular weight excluding hydrogens is 639 g/mol. The van der Waals surface area contributed by atoms with Crippen LogP contribution in [0.4, 0.5) is 17.1 Å². The highest BCUT2D eigenvalue weighted by Gasteiger charge is 2.56. The molecule has 6 aromatic carbocycles. The van der Waals surface area contributed by atoms with Crippen molar-refractivity contribution in [3.05, 3.63) is 162 Å². The first kappa shape index (κ1) is 31.6. The monoisotopic (exact) mass is 687 g/mol. The van der Waals surface area contributed by atoms with Crippen LogP contribution in [0.25, 0.3) is 33.4 Å². The van der Waals surface area contributed by atoms with E-state index in [1.54, 1.807) is 16.7 Å². The fourth-order valence-electron chi connectivity index (χ4n) is 12.7. The smallest absolute Gasteiger partial charge is 0.0543 e. The Hall–Kier alpha value is -4.88. The summed E-state index contributed by atoms with van der Waals surface area (Å²) in [5, 5.41) is 0. The minimum Gasteiger partial charge on any atom is -0.310 e. The third-order valence-electron chi connectivity index (χ3n) is 14.8. The van der Waals surface area contributed by atoms with Crippen LogP contribution in [0.5, 0.6) is 0 Å². The fourth-order valence-corrected chi connectivity index (χ4v) is 12.7. The van der Waals surface area contributed by atoms with Gasteiger partial charge in [0, 0.05) is 27.8 Å². The van der Waals surface area contributed by atoms with Crippen LogP contribution >= 0.6 is 0 Å². The van der Waals surface area contributed by atoms with Gasteiger partial charge in [-0.05, 0) is 130 Å². The average molecular weight is 688 g/mol. The quantitative estimate of drug-likeness (QED) is 0.174. The molecule has 0 saturated heterocycles. The van der Waals surface area contributed by atoms with E-state index in [1.165, 1.54) is 120 Å². The minimum atomic E-state index is 0.0790. The van der Waals surface area contributed by atoms with Gasteiger partial charge in [0.05, 0.1) is 5.69 Å². The highest BCUT2D eigenvalue weighted by molar-refractivity contribution is 5.96. The van der Waals surface area contributed by atoms with E-state index < -0.39 is 0 Å². The molecule has 4 atom stereocenters. The first-order chi connectivity index (χ1) is 26.2. The Morgan fingerprint density at radius 3 is 2.04 bits per heavy atom. The lowest BCUT2D eigenvalue weighted by Crippen LogP contribution is -2.48. The summed E-state index contributed by atoms with van der Waals surface area (Å²) in [6, 6.07) is 53.9. The topological polar surface area (TPSA) is 3.24 Å². The van der Waals surface area contributed by atoms with E-state index >= 15 is 0 Å². The Labute approximate surface area is 315 Å². The number of rotatable bonds is 5. The summed E-state index contributed by atoms with van der Waals surface area (Å²) in [5.74, 6) is 2.25. The molecule has 5 aliphatic carbocycles. The number of hydrogen-bond acceptors (Lipinski definition) is 1. The van der Waals surface area contributed by atoms with Crippen LogP contribution in [0.3, 0.4) is 0 Å². The van der Waals surface area contributed by atoms with Gasteiger partial charge >= 0.3 is 0 Å². The molecule has 4 unspecified atom stereocenters. The Morgan fingerprint density at radius 2 is 1.23 bits per heavy atom. The van der Waals surface area contributed by atoms with Crippen LogP contribution in [0.1, 0.15) is 93.4 Å². The molecule has 0 radical (unpaired) electrons. The van der Waals surface area contributed by atoms with Crippen LogP contribution in [0.15, 0.2) is 140 Å². The Morgan fingerprint density at radius 1 is 0.547 bits per heavy atom. The van der Waals surface area contributed by atoms with Crippen molar-refractivity contribution in [2.75, 3.05) is 4.90 Å². The van der Waals surface area contributed by atoms with Gasteiger partial charge in [-0.2, -0.15) is 0 Å². The lowest BCUT2D eigenvalue weighted by Gasteiger charge is -2.54. The lowest BCUT2D eigenvalue weighted by atomic mass is 9.50. The molecule has 2 bridgehead atoms. The minimum absolute atomic E-state index is 0.0790. The molecule has 3 fully saturated rings. The van der Waals surface area contributed by atoms with Crippen LogP contribution in [0, 0.1) is 17.8 Å². The van der Waals surface area contributed by atoms with Crippen molar-refractivity contribution < 1.29 is 0 Å². The Balaban J connectivity index is 1.15. The predicted molar refractivity (Wildman–Crippen MR) is 221 cm³/mol. The maximum atomic E-state index is 2.67. The van der Waals surface area contributed by atoms with Crippen molar-refractivity contribution in [3.8, 4) is 33.4 Å². The maximum absolute atomic E-state index is 2.67. The van der Waals surface area contributed by atoms with E-state index in [2.05, 4.69) is 151 Å². The highest BCUT2D eigenvalue weighted by atomic mass is 15.1. The number of benzene rings is 6. The predicted octanol–water partition coefficient (Wildman–Crippen LogP) is 14.2. The van der Waals surface area contributed by atoms with Gasteiger partial charge < -0.3 is 4.90 Å². The number of anilines is 3. The molecule has 2 spiro atoms. The van der Waals surface area contributed by atoms with Crippen molar-refractivity contribution in [1.82, 2.24) is 0 Å². The molecule has 0 aliphatic heterocycles. The van der Waals surface area contributed by atoms with Crippen LogP contribution < -0.4 is 4.90 Å². The second kappa shape index (κ2) is 12.1. The molecule has 0 heterocycles. The molecule has 0 aromatic heterocycles. The number of fused-ring (bicyclic) bond motifs is 13. The van der Waals surface area contributed by atoms with Crippen molar-refractivity contribution in [2.45, 2.75) is 82.0 Å². The van der Waals surface area contributed by atoms with E-state index in [0.29, 0.717) is 11.8 Å². The van der Waals surface area contributed by atoms with E-state index in [-0.39, 0.29) is 10.8 Å². The summed E-state index contributed by atoms with van der Waals surface area (Å²) >= 11 is 0. The van der Waals surface area contributed by atoms with Crippen LogP contribution in [-0.2, 0) is 10.8 Å². The van der Waals surface area contributed by atoms with Crippen molar-refractivity contribution in [2.24, 2.45) is 17.8 Å². The molecular formula is C52H49N. The summed E-state index contributed by atoms with van der Waals surface area (Å²) < 4.78 is 0. The second-order valence-corrected chi connectivity index (χ2v) is 17.0. The van der Waals surface area contributed by atoms with E-state index in [9.17, 15) is 0 Å². The number of nitrogens with zero attached hydrogens (tertiary/aromatic N) is 1. The standard InChI is InChI=1S/C52H49N/c1-2-38-32-35-14-12-17-39(33-35)52(38)46-21-9-6-18-42(46)43-29-28-41(34-48(43)52)53(40-26-24-37(25-27-40)36-15-4-3-5-16-36)49-23-13-22-47-50(49)44-19-7-8-20-45(44)51(47)30-10-11-31-51/h3-9,13,15-16,18-29,34-35,38-39H,2,10-12,14,17,30-33H2,1H3. The van der Waals surface area contributed by atoms with Gasteiger partial charge in [-0.1, -0.05) is 148 Å². The van der Waals surface area contributed by atoms with Gasteiger partial charge in [0.1, 0.15) is 0 Å². The zero-order valence-corrected chi connectivity index (χ0v) is 31.0. The Bertz CT molecular complexity index is 2340. The third-order valence-corrected chi connectivity index (χ3v) is 14.8. The third kappa shape index (κ3) is 4.43. The summed E-state index contributed by atoms with van der Waals surface area (Å²) in [6.07, 6.45) is 13.2. The molecule has 1 heteroatoms. The summed E-state index contributed by atoms with van der Waals surface area (Å²) in [4.78, 5) is 2.63. The van der Waals surface area contributed by atoms with Gasteiger partial charge in [-0.25, -0.2) is 0 Å². The first-order valence-corrected chi connectivity index (χ1v) is 20.6. The van der Waals surface area contributed by atoms with E-state index in [1.807, 2.05) is 0 Å². The molecule has 53 heavy (non-hydrogen) atoms. The fraction of sp³-hybridized carbons (Fsp3) is 0.308. The molecule has 3 saturated carbocycles. The molecule has 5 aliphatic rings. The van der Waals surface area contributed by atoms with Gasteiger partial charge in [-0.3, -0.25) is 0 Å². The van der Waals surface area contributed by atoms with Gasteiger partial charge in [0.2, 0.25) is 0 Å². The lowest BCUT2D eigenvalue weighted by molar-refractivity contribution is 0.0557. The van der Waals surface area contributed by atoms with E-state index in [4.69, 9.17) is 0 Å². The summed E-state index contributed by atoms with van der Waals surface area (Å²) in [6.45, 7) is 2.47. The van der Waals surface area contributed by atoms with Gasteiger partial charge in [0.15, 0.2) is 0 Å². The van der Waals surface area contributed by atoms with Crippen molar-refractivity contribution >= 4 is 17.1 Å². The second-order valence-electron chi connectivity index (χ2n) is 17.0. The average Bonchev–Trinajstić information content (AvgIpc) is 3.91. The number of hydrogen-bond donors (Lipinski definition) is 0. The molecule has 1 nitrogen and oxygen atoms in total. The van der Waals surface area contributed by atoms with Crippen molar-refractivity contribution in [1.29, 1.82) is 0 Å². The molecule has 0 amide bonds. The van der Waals surface area contributed by atoms with Crippen LogP contribution in [-0.4, -0.2) is 0 Å². The SMILES string of the molecule is CCC1CC2CCCC(C2)C12c1ccccc1-c1ccc(N(c3ccc(-c4ccccc4)cc3)c3cccc4c3-c3ccccc3C43CCCC3)cc12. The van der Waals surface area contributed by atoms with Crippen molar-refractivity contribution in [3.63, 3.8) is 0 Å². The molecule has 6 aromatic rings. The van der Waals surface area contributed by atoms with Gasteiger partial charge in [-0.15, -0.1) is 0 Å². The van der Waals surface area contributed by atoms with Crippen LogP contribution in [0.2, 0.25) is 0 Å². The van der Waals surface area contributed by atoms with Gasteiger partial charge in [0.25, 0.3) is 0 Å². The largest absolute Gasteiger partial charge is 0.310 e. The molecule has 0 N–H and O–H groups in total. The van der Waals surface area contributed by atoms with E-state index in [0.717, 1.165) is 5.92 Å². The zero-order valence-electron chi connectivity index (χ0n) is 31.0. The summed E-state index contributed by atoms with van der Waals surface area (Å²) in [7, 11) is 0. The highest BCUT2D eigenvalue weighted by Crippen LogP contribution is 2.66. The Kier molecular flexibility index (Phi) is 7.20. The maximum Gasteiger partial charge on any atom is 0.0543 e. The summed E-state index contributed by atoms with van der Waals surface area (Å²) in [5.41, 5.74) is 18.7.